The van der Waals surface area contributed by atoms with Gasteiger partial charge >= 0.3 is 0 Å². The molecule has 2 amide bonds. The average Bonchev–Trinajstić information content (AvgIpc) is 3.20. The number of carbonyl (C=O) groups is 2. The van der Waals surface area contributed by atoms with Crippen molar-refractivity contribution in [3.8, 4) is 17.2 Å². The van der Waals surface area contributed by atoms with Gasteiger partial charge in [0.05, 0.1) is 18.7 Å². The van der Waals surface area contributed by atoms with E-state index >= 15 is 0 Å². The molecule has 2 heterocycles. The van der Waals surface area contributed by atoms with Crippen LogP contribution in [0.1, 0.15) is 41.6 Å². The molecular weight excluding hydrogens is 418 g/mol. The van der Waals surface area contributed by atoms with Crippen molar-refractivity contribution in [2.45, 2.75) is 39.2 Å². The molecule has 0 unspecified atom stereocenters. The lowest BCUT2D eigenvalue weighted by Gasteiger charge is -2.32. The first-order valence-electron chi connectivity index (χ1n) is 11.4. The minimum absolute atomic E-state index is 0.00879. The van der Waals surface area contributed by atoms with Gasteiger partial charge in [0.2, 0.25) is 11.8 Å². The number of hydrogen-bond acceptors (Lipinski definition) is 5. The van der Waals surface area contributed by atoms with Crippen LogP contribution in [0.2, 0.25) is 0 Å². The van der Waals surface area contributed by atoms with Crippen molar-refractivity contribution in [1.82, 2.24) is 15.2 Å². The highest BCUT2D eigenvalue weighted by atomic mass is 16.5. The molecule has 0 radical (unpaired) electrons. The molecule has 172 valence electrons. The largest absolute Gasteiger partial charge is 0.494 e. The van der Waals surface area contributed by atoms with Gasteiger partial charge in [-0.3, -0.25) is 9.59 Å². The Morgan fingerprint density at radius 2 is 1.79 bits per heavy atom. The zero-order valence-corrected chi connectivity index (χ0v) is 19.0. The van der Waals surface area contributed by atoms with Gasteiger partial charge in [-0.25, -0.2) is 4.98 Å². The molecule has 3 aromatic rings. The number of piperidine rings is 1. The van der Waals surface area contributed by atoms with Crippen LogP contribution in [0.25, 0.3) is 11.5 Å². The second-order valence-corrected chi connectivity index (χ2v) is 8.16. The smallest absolute Gasteiger partial charge is 0.253 e. The molecule has 4 rings (SSSR count). The number of oxazole rings is 1. The van der Waals surface area contributed by atoms with Crippen LogP contribution in [0.3, 0.4) is 0 Å². The summed E-state index contributed by atoms with van der Waals surface area (Å²) in [6.45, 7) is 5.57. The molecule has 1 aliphatic heterocycles. The molecule has 0 atom stereocenters. The van der Waals surface area contributed by atoms with Gasteiger partial charge < -0.3 is 19.4 Å². The summed E-state index contributed by atoms with van der Waals surface area (Å²) in [6.07, 6.45) is 1.62. The fourth-order valence-corrected chi connectivity index (χ4v) is 4.00. The minimum atomic E-state index is -0.0812. The summed E-state index contributed by atoms with van der Waals surface area (Å²) in [7, 11) is 0. The first-order valence-corrected chi connectivity index (χ1v) is 11.4. The maximum Gasteiger partial charge on any atom is 0.253 e. The molecule has 1 N–H and O–H groups in total. The summed E-state index contributed by atoms with van der Waals surface area (Å²) in [5.74, 6) is 1.86. The number of amides is 2. The summed E-state index contributed by atoms with van der Waals surface area (Å²) in [5.41, 5.74) is 2.18. The standard InChI is InChI=1S/C26H29N3O4/c1-3-32-22-11-9-20(10-12-22)26(31)29-15-13-21(14-16-29)27-24(30)17-23-18(2)33-25(28-23)19-7-5-4-6-8-19/h4-12,21H,3,13-17H2,1-2H3,(H,27,30). The normalized spacial score (nSPS) is 14.2. The SMILES string of the molecule is CCOc1ccc(C(=O)N2CCC(NC(=O)Cc3nc(-c4ccccc4)oc3C)CC2)cc1. The summed E-state index contributed by atoms with van der Waals surface area (Å²) in [5, 5.41) is 3.09. The predicted octanol–water partition coefficient (Wildman–Crippen LogP) is 4.01. The van der Waals surface area contributed by atoms with Gasteiger partial charge in [0.25, 0.3) is 5.91 Å². The zero-order valence-electron chi connectivity index (χ0n) is 19.0. The van der Waals surface area contributed by atoms with E-state index in [0.717, 1.165) is 24.2 Å². The molecule has 0 aliphatic carbocycles. The Morgan fingerprint density at radius 1 is 1.09 bits per heavy atom. The van der Waals surface area contributed by atoms with E-state index in [4.69, 9.17) is 9.15 Å². The highest BCUT2D eigenvalue weighted by Gasteiger charge is 2.25. The van der Waals surface area contributed by atoms with Crippen LogP contribution < -0.4 is 10.1 Å². The summed E-state index contributed by atoms with van der Waals surface area (Å²) < 4.78 is 11.2. The quantitative estimate of drug-likeness (QED) is 0.592. The molecule has 1 aromatic heterocycles. The van der Waals surface area contributed by atoms with E-state index in [9.17, 15) is 9.59 Å². The van der Waals surface area contributed by atoms with Crippen molar-refractivity contribution in [2.24, 2.45) is 0 Å². The summed E-state index contributed by atoms with van der Waals surface area (Å²) in [4.78, 5) is 31.7. The van der Waals surface area contributed by atoms with Crippen LogP contribution in [0, 0.1) is 6.92 Å². The number of benzene rings is 2. The van der Waals surface area contributed by atoms with Gasteiger partial charge in [0.15, 0.2) is 0 Å². The van der Waals surface area contributed by atoms with Crippen LogP contribution in [0.15, 0.2) is 59.0 Å². The Hall–Kier alpha value is -3.61. The van der Waals surface area contributed by atoms with Crippen LogP contribution in [-0.4, -0.2) is 47.4 Å². The molecule has 0 saturated carbocycles. The number of nitrogens with zero attached hydrogens (tertiary/aromatic N) is 2. The van der Waals surface area contributed by atoms with Gasteiger partial charge in [0, 0.05) is 30.3 Å². The summed E-state index contributed by atoms with van der Waals surface area (Å²) >= 11 is 0. The van der Waals surface area contributed by atoms with Crippen LogP contribution in [0.4, 0.5) is 0 Å². The van der Waals surface area contributed by atoms with Crippen molar-refractivity contribution in [3.63, 3.8) is 0 Å². The van der Waals surface area contributed by atoms with E-state index in [2.05, 4.69) is 10.3 Å². The lowest BCUT2D eigenvalue weighted by atomic mass is 10.0. The van der Waals surface area contributed by atoms with Gasteiger partial charge in [-0.2, -0.15) is 0 Å². The maximum absolute atomic E-state index is 12.8. The molecule has 1 fully saturated rings. The zero-order chi connectivity index (χ0) is 23.2. The van der Waals surface area contributed by atoms with Crippen molar-refractivity contribution in [1.29, 1.82) is 0 Å². The number of likely N-dealkylation sites (tertiary alicyclic amines) is 1. The second-order valence-electron chi connectivity index (χ2n) is 8.16. The number of hydrogen-bond donors (Lipinski definition) is 1. The van der Waals surface area contributed by atoms with Crippen LogP contribution in [-0.2, 0) is 11.2 Å². The average molecular weight is 448 g/mol. The lowest BCUT2D eigenvalue weighted by molar-refractivity contribution is -0.121. The first-order chi connectivity index (χ1) is 16.0. The van der Waals surface area contributed by atoms with E-state index in [-0.39, 0.29) is 24.3 Å². The molecule has 7 heteroatoms. The molecule has 1 saturated heterocycles. The fourth-order valence-electron chi connectivity index (χ4n) is 4.00. The Labute approximate surface area is 193 Å². The van der Waals surface area contributed by atoms with Crippen molar-refractivity contribution >= 4 is 11.8 Å². The number of nitrogens with one attached hydrogen (secondary N) is 1. The maximum atomic E-state index is 12.8. The monoisotopic (exact) mass is 447 g/mol. The molecule has 0 bridgehead atoms. The van der Waals surface area contributed by atoms with Crippen molar-refractivity contribution < 1.29 is 18.7 Å². The van der Waals surface area contributed by atoms with E-state index in [0.29, 0.717) is 42.6 Å². The number of rotatable bonds is 7. The number of ether oxygens (including phenoxy) is 1. The van der Waals surface area contributed by atoms with Gasteiger partial charge in [-0.1, -0.05) is 18.2 Å². The van der Waals surface area contributed by atoms with E-state index < -0.39 is 0 Å². The molecule has 7 nitrogen and oxygen atoms in total. The van der Waals surface area contributed by atoms with E-state index in [1.807, 2.05) is 61.2 Å². The Morgan fingerprint density at radius 3 is 2.45 bits per heavy atom. The van der Waals surface area contributed by atoms with Crippen molar-refractivity contribution in [3.05, 3.63) is 71.6 Å². The topological polar surface area (TPSA) is 84.7 Å². The Bertz CT molecular complexity index is 1080. The predicted molar refractivity (Wildman–Crippen MR) is 125 cm³/mol. The fraction of sp³-hybridized carbons (Fsp3) is 0.346. The van der Waals surface area contributed by atoms with Gasteiger partial charge in [0.1, 0.15) is 11.5 Å². The molecule has 0 spiro atoms. The van der Waals surface area contributed by atoms with E-state index in [1.165, 1.54) is 0 Å². The Balaban J connectivity index is 1.27. The number of aryl methyl sites for hydroxylation is 1. The number of aromatic nitrogens is 1. The third-order valence-electron chi connectivity index (χ3n) is 5.80. The summed E-state index contributed by atoms with van der Waals surface area (Å²) in [6, 6.07) is 16.9. The minimum Gasteiger partial charge on any atom is -0.494 e. The highest BCUT2D eigenvalue weighted by Crippen LogP contribution is 2.22. The van der Waals surface area contributed by atoms with Crippen LogP contribution in [0.5, 0.6) is 5.75 Å². The third kappa shape index (κ3) is 5.61. The third-order valence-corrected chi connectivity index (χ3v) is 5.80. The second kappa shape index (κ2) is 10.3. The number of carbonyl (C=O) groups excluding carboxylic acids is 2. The van der Waals surface area contributed by atoms with Gasteiger partial charge in [-0.15, -0.1) is 0 Å². The Kier molecular flexibility index (Phi) is 7.07. The molecule has 33 heavy (non-hydrogen) atoms. The first kappa shape index (κ1) is 22.6. The highest BCUT2D eigenvalue weighted by molar-refractivity contribution is 5.94. The molecular formula is C26H29N3O4. The molecule has 1 aliphatic rings. The van der Waals surface area contributed by atoms with Gasteiger partial charge in [-0.05, 0) is 63.1 Å². The van der Waals surface area contributed by atoms with E-state index in [1.54, 1.807) is 12.1 Å². The van der Waals surface area contributed by atoms with Crippen molar-refractivity contribution in [2.75, 3.05) is 19.7 Å². The van der Waals surface area contributed by atoms with Crippen LogP contribution >= 0.6 is 0 Å². The molecule has 2 aromatic carbocycles. The lowest BCUT2D eigenvalue weighted by Crippen LogP contribution is -2.46.